The second kappa shape index (κ2) is 5.77. The highest BCUT2D eigenvalue weighted by Gasteiger charge is 2.23. The van der Waals surface area contributed by atoms with Crippen LogP contribution in [0, 0.1) is 0 Å². The van der Waals surface area contributed by atoms with E-state index >= 15 is 0 Å². The second-order valence-corrected chi connectivity index (χ2v) is 4.81. The minimum absolute atomic E-state index is 0.0284. The van der Waals surface area contributed by atoms with Gasteiger partial charge in [0.2, 0.25) is 11.7 Å². The molecule has 1 N–H and O–H groups in total. The predicted octanol–water partition coefficient (Wildman–Crippen LogP) is 1.19. The molecule has 0 bridgehead atoms. The van der Waals surface area contributed by atoms with E-state index in [4.69, 9.17) is 14.0 Å². The molecule has 2 saturated heterocycles. The van der Waals surface area contributed by atoms with Crippen LogP contribution >= 0.6 is 0 Å². The third-order valence-corrected chi connectivity index (χ3v) is 3.37. The summed E-state index contributed by atoms with van der Waals surface area (Å²) >= 11 is 0. The van der Waals surface area contributed by atoms with Crippen LogP contribution in [0.2, 0.25) is 0 Å². The van der Waals surface area contributed by atoms with Crippen molar-refractivity contribution in [3.8, 4) is 0 Å². The summed E-state index contributed by atoms with van der Waals surface area (Å²) in [5.74, 6) is 1.31. The average molecular weight is 253 g/mol. The zero-order valence-corrected chi connectivity index (χ0v) is 10.4. The van der Waals surface area contributed by atoms with Crippen LogP contribution in [0.5, 0.6) is 0 Å². The van der Waals surface area contributed by atoms with Crippen molar-refractivity contribution in [3.05, 3.63) is 11.7 Å². The van der Waals surface area contributed by atoms with Gasteiger partial charge in [-0.05, 0) is 25.7 Å². The van der Waals surface area contributed by atoms with E-state index in [9.17, 15) is 0 Å². The maximum absolute atomic E-state index is 5.53. The summed E-state index contributed by atoms with van der Waals surface area (Å²) in [5.41, 5.74) is 0. The highest BCUT2D eigenvalue weighted by atomic mass is 16.5. The van der Waals surface area contributed by atoms with Crippen molar-refractivity contribution in [2.75, 3.05) is 19.8 Å². The van der Waals surface area contributed by atoms with Crippen molar-refractivity contribution >= 4 is 0 Å². The molecule has 0 aromatic carbocycles. The monoisotopic (exact) mass is 253 g/mol. The van der Waals surface area contributed by atoms with Gasteiger partial charge in [-0.15, -0.1) is 0 Å². The van der Waals surface area contributed by atoms with E-state index in [-0.39, 0.29) is 6.10 Å². The Morgan fingerprint density at radius 1 is 1.17 bits per heavy atom. The van der Waals surface area contributed by atoms with Gasteiger partial charge in [0.15, 0.2) is 0 Å². The first-order valence-electron chi connectivity index (χ1n) is 6.68. The molecular weight excluding hydrogens is 234 g/mol. The van der Waals surface area contributed by atoms with Gasteiger partial charge in [0.1, 0.15) is 6.10 Å². The lowest BCUT2D eigenvalue weighted by atomic mass is 10.2. The molecule has 1 aromatic heterocycles. The topological polar surface area (TPSA) is 69.4 Å². The minimum Gasteiger partial charge on any atom is -0.377 e. The van der Waals surface area contributed by atoms with Crippen molar-refractivity contribution in [1.82, 2.24) is 15.5 Å². The Hall–Kier alpha value is -0.980. The van der Waals surface area contributed by atoms with E-state index in [2.05, 4.69) is 15.5 Å². The lowest BCUT2D eigenvalue weighted by Crippen LogP contribution is -2.25. The molecule has 2 aliphatic heterocycles. The first-order chi connectivity index (χ1) is 8.92. The normalized spacial score (nSPS) is 28.0. The summed E-state index contributed by atoms with van der Waals surface area (Å²) in [5, 5.41) is 7.25. The van der Waals surface area contributed by atoms with Crippen LogP contribution < -0.4 is 5.32 Å². The summed E-state index contributed by atoms with van der Waals surface area (Å²) < 4.78 is 16.2. The average Bonchev–Trinajstić information content (AvgIpc) is 3.12. The lowest BCUT2D eigenvalue weighted by molar-refractivity contribution is 0.103. The van der Waals surface area contributed by atoms with Crippen LogP contribution in [0.15, 0.2) is 4.52 Å². The van der Waals surface area contributed by atoms with E-state index in [1.54, 1.807) is 0 Å². The Morgan fingerprint density at radius 3 is 2.83 bits per heavy atom. The largest absolute Gasteiger partial charge is 0.377 e. The first kappa shape index (κ1) is 12.1. The van der Waals surface area contributed by atoms with E-state index in [0.29, 0.717) is 24.4 Å². The third-order valence-electron chi connectivity index (χ3n) is 3.37. The van der Waals surface area contributed by atoms with Gasteiger partial charge in [0.05, 0.1) is 12.6 Å². The summed E-state index contributed by atoms with van der Waals surface area (Å²) in [6.45, 7) is 3.12. The Balaban J connectivity index is 1.44. The van der Waals surface area contributed by atoms with Crippen molar-refractivity contribution in [1.29, 1.82) is 0 Å². The summed E-state index contributed by atoms with van der Waals surface area (Å²) in [6, 6.07) is 0. The van der Waals surface area contributed by atoms with E-state index in [1.807, 2.05) is 0 Å². The number of aromatic nitrogens is 2. The van der Waals surface area contributed by atoms with Crippen LogP contribution in [0.25, 0.3) is 0 Å². The van der Waals surface area contributed by atoms with Crippen LogP contribution in [0.4, 0.5) is 0 Å². The van der Waals surface area contributed by atoms with Crippen molar-refractivity contribution in [2.45, 2.75) is 44.4 Å². The van der Waals surface area contributed by atoms with E-state index < -0.39 is 0 Å². The Bertz CT molecular complexity index is 370. The molecule has 2 aliphatic rings. The molecule has 100 valence electrons. The smallest absolute Gasteiger partial charge is 0.240 e. The molecule has 0 saturated carbocycles. The molecule has 2 unspecified atom stereocenters. The quantitative estimate of drug-likeness (QED) is 0.850. The zero-order chi connectivity index (χ0) is 12.2. The van der Waals surface area contributed by atoms with Gasteiger partial charge in [0.25, 0.3) is 0 Å². The van der Waals surface area contributed by atoms with Gasteiger partial charge in [-0.2, -0.15) is 4.98 Å². The molecule has 0 amide bonds. The molecule has 0 radical (unpaired) electrons. The molecule has 0 spiro atoms. The van der Waals surface area contributed by atoms with Crippen LogP contribution in [-0.2, 0) is 16.0 Å². The highest BCUT2D eigenvalue weighted by Crippen LogP contribution is 2.25. The minimum atomic E-state index is 0.0284. The number of nitrogens with zero attached hydrogens (tertiary/aromatic N) is 2. The summed E-state index contributed by atoms with van der Waals surface area (Å²) in [6.07, 6.45) is 4.73. The molecule has 18 heavy (non-hydrogen) atoms. The van der Waals surface area contributed by atoms with E-state index in [1.165, 1.54) is 0 Å². The Labute approximate surface area is 106 Å². The van der Waals surface area contributed by atoms with E-state index in [0.717, 1.165) is 45.4 Å². The molecule has 3 heterocycles. The first-order valence-corrected chi connectivity index (χ1v) is 6.68. The standard InChI is InChI=1S/C12H19N3O3/c1-3-9(16-5-1)7-13-8-11-14-12(15-18-11)10-4-2-6-17-10/h9-10,13H,1-8H2. The fourth-order valence-corrected chi connectivity index (χ4v) is 2.40. The van der Waals surface area contributed by atoms with Gasteiger partial charge < -0.3 is 19.3 Å². The maximum atomic E-state index is 5.53. The van der Waals surface area contributed by atoms with Gasteiger partial charge in [-0.3, -0.25) is 0 Å². The molecule has 6 heteroatoms. The number of rotatable bonds is 5. The van der Waals surface area contributed by atoms with Crippen molar-refractivity contribution in [2.24, 2.45) is 0 Å². The van der Waals surface area contributed by atoms with Gasteiger partial charge in [0, 0.05) is 19.8 Å². The number of hydrogen-bond donors (Lipinski definition) is 1. The summed E-state index contributed by atoms with van der Waals surface area (Å²) in [4.78, 5) is 4.35. The molecule has 2 fully saturated rings. The predicted molar refractivity (Wildman–Crippen MR) is 62.9 cm³/mol. The number of ether oxygens (including phenoxy) is 2. The molecular formula is C12H19N3O3. The van der Waals surface area contributed by atoms with Crippen LogP contribution in [0.1, 0.15) is 43.5 Å². The fourth-order valence-electron chi connectivity index (χ4n) is 2.40. The van der Waals surface area contributed by atoms with Crippen molar-refractivity contribution in [3.63, 3.8) is 0 Å². The molecule has 2 atom stereocenters. The van der Waals surface area contributed by atoms with Crippen LogP contribution in [-0.4, -0.2) is 36.0 Å². The van der Waals surface area contributed by atoms with Crippen molar-refractivity contribution < 1.29 is 14.0 Å². The van der Waals surface area contributed by atoms with Gasteiger partial charge >= 0.3 is 0 Å². The molecule has 0 aliphatic carbocycles. The third kappa shape index (κ3) is 2.88. The maximum Gasteiger partial charge on any atom is 0.240 e. The molecule has 1 aromatic rings. The molecule has 3 rings (SSSR count). The summed E-state index contributed by atoms with van der Waals surface area (Å²) in [7, 11) is 0. The Kier molecular flexibility index (Phi) is 3.87. The molecule has 6 nitrogen and oxygen atoms in total. The van der Waals surface area contributed by atoms with Gasteiger partial charge in [-0.1, -0.05) is 5.16 Å². The van der Waals surface area contributed by atoms with Crippen LogP contribution in [0.3, 0.4) is 0 Å². The zero-order valence-electron chi connectivity index (χ0n) is 10.4. The SMILES string of the molecule is C1COC(CNCc2nc(C3CCCO3)no2)C1. The number of hydrogen-bond acceptors (Lipinski definition) is 6. The lowest BCUT2D eigenvalue weighted by Gasteiger charge is -2.08. The Morgan fingerprint density at radius 2 is 2.06 bits per heavy atom. The second-order valence-electron chi connectivity index (χ2n) is 4.81. The number of nitrogens with one attached hydrogen (secondary N) is 1. The van der Waals surface area contributed by atoms with Gasteiger partial charge in [-0.25, -0.2) is 0 Å². The fraction of sp³-hybridized carbons (Fsp3) is 0.833. The highest BCUT2D eigenvalue weighted by molar-refractivity contribution is 4.93.